The Morgan fingerprint density at radius 2 is 1.61 bits per heavy atom. The van der Waals surface area contributed by atoms with Gasteiger partial charge in [-0.15, -0.1) is 0 Å². The van der Waals surface area contributed by atoms with Crippen LogP contribution in [0, 0.1) is 0 Å². The van der Waals surface area contributed by atoms with Crippen LogP contribution in [-0.2, 0) is 33.3 Å². The predicted octanol–water partition coefficient (Wildman–Crippen LogP) is -0.767. The Hall–Kier alpha value is -2.05. The summed E-state index contributed by atoms with van der Waals surface area (Å²) in [6, 6.07) is -1.39. The van der Waals surface area contributed by atoms with Crippen molar-refractivity contribution < 1.29 is 48.3 Å². The van der Waals surface area contributed by atoms with E-state index < -0.39 is 49.3 Å². The molecule has 132 valence electrons. The maximum atomic E-state index is 11.3. The quantitative estimate of drug-likeness (QED) is 0.334. The van der Waals surface area contributed by atoms with Crippen molar-refractivity contribution in [1.82, 2.24) is 5.32 Å². The predicted molar refractivity (Wildman–Crippen MR) is 73.9 cm³/mol. The molecule has 2 atom stereocenters. The average Bonchev–Trinajstić information content (AvgIpc) is 2.42. The Bertz CT molecular complexity index is 429. The maximum absolute atomic E-state index is 11.3. The summed E-state index contributed by atoms with van der Waals surface area (Å²) < 4.78 is 17.8. The lowest BCUT2D eigenvalue weighted by atomic mass is 10.3. The molecule has 0 saturated carbocycles. The molecule has 3 N–H and O–H groups in total. The Balaban J connectivity index is 4.10. The third-order valence-corrected chi connectivity index (χ3v) is 2.87. The smallest absolute Gasteiger partial charge is 0.410 e. The number of carboxylic acid groups (broad SMARTS) is 1. The van der Waals surface area contributed by atoms with Gasteiger partial charge >= 0.3 is 24.0 Å². The highest BCUT2D eigenvalue weighted by atomic mass is 32.2. The summed E-state index contributed by atoms with van der Waals surface area (Å²) in [5, 5.41) is 20.3. The first-order chi connectivity index (χ1) is 10.7. The normalized spacial score (nSPS) is 12.7. The molecule has 0 spiro atoms. The monoisotopic (exact) mass is 355 g/mol. The van der Waals surface area contributed by atoms with Crippen molar-refractivity contribution in [3.05, 3.63) is 0 Å². The minimum Gasteiger partial charge on any atom is -0.480 e. The van der Waals surface area contributed by atoms with E-state index in [2.05, 4.69) is 18.9 Å². The van der Waals surface area contributed by atoms with Crippen molar-refractivity contribution in [2.75, 3.05) is 19.3 Å². The van der Waals surface area contributed by atoms with Crippen LogP contribution in [0.25, 0.3) is 0 Å². The molecule has 23 heavy (non-hydrogen) atoms. The molecule has 0 saturated heterocycles. The van der Waals surface area contributed by atoms with Gasteiger partial charge in [0, 0.05) is 19.6 Å². The van der Waals surface area contributed by atoms with E-state index in [0.717, 1.165) is 13.8 Å². The van der Waals surface area contributed by atoms with Crippen molar-refractivity contribution in [3.8, 4) is 0 Å². The van der Waals surface area contributed by atoms with Gasteiger partial charge < -0.3 is 34.5 Å². The van der Waals surface area contributed by atoms with E-state index in [1.165, 1.54) is 0 Å². The largest absolute Gasteiger partial charge is 0.480 e. The molecule has 0 aromatic rings. The molecule has 1 unspecified atom stereocenters. The third-order valence-electron chi connectivity index (χ3n) is 1.92. The van der Waals surface area contributed by atoms with Crippen LogP contribution in [0.4, 0.5) is 4.79 Å². The molecule has 0 aromatic carbocycles. The number of carbonyl (C=O) groups is 4. The maximum Gasteiger partial charge on any atom is 0.410 e. The molecule has 12 heteroatoms. The molecule has 0 aliphatic heterocycles. The highest BCUT2D eigenvalue weighted by Crippen LogP contribution is 2.11. The van der Waals surface area contributed by atoms with Gasteiger partial charge in [0.15, 0.2) is 6.79 Å². The van der Waals surface area contributed by atoms with E-state index in [1.54, 1.807) is 0 Å². The lowest BCUT2D eigenvalue weighted by Crippen LogP contribution is -2.43. The van der Waals surface area contributed by atoms with Gasteiger partial charge in [0.1, 0.15) is 6.04 Å². The fraction of sp³-hybridized carbons (Fsp3) is 0.636. The van der Waals surface area contributed by atoms with Gasteiger partial charge in [-0.05, 0) is 0 Å². The van der Waals surface area contributed by atoms with Crippen LogP contribution in [0.15, 0.2) is 0 Å². The first-order valence-corrected chi connectivity index (χ1v) is 7.11. The minimum absolute atomic E-state index is 0.265. The molecule has 0 heterocycles. The molecule has 0 radical (unpaired) electrons. The van der Waals surface area contributed by atoms with E-state index >= 15 is 0 Å². The van der Waals surface area contributed by atoms with Crippen LogP contribution in [0.3, 0.4) is 0 Å². The van der Waals surface area contributed by atoms with Gasteiger partial charge in [0.2, 0.25) is 12.4 Å². The van der Waals surface area contributed by atoms with Gasteiger partial charge in [-0.25, -0.2) is 9.59 Å². The molecular weight excluding hydrogens is 338 g/mol. The van der Waals surface area contributed by atoms with E-state index in [1.807, 2.05) is 5.32 Å². The third kappa shape index (κ3) is 12.2. The highest BCUT2D eigenvalue weighted by Gasteiger charge is 2.22. The van der Waals surface area contributed by atoms with Crippen molar-refractivity contribution in [2.45, 2.75) is 25.5 Å². The highest BCUT2D eigenvalue weighted by molar-refractivity contribution is 7.99. The number of ether oxygens (including phenoxy) is 4. The topological polar surface area (TPSA) is 158 Å². The fourth-order valence-corrected chi connectivity index (χ4v) is 1.66. The van der Waals surface area contributed by atoms with Crippen LogP contribution in [0.2, 0.25) is 0 Å². The van der Waals surface area contributed by atoms with Crippen molar-refractivity contribution in [3.63, 3.8) is 0 Å². The second-order valence-corrected chi connectivity index (χ2v) is 4.85. The molecule has 11 nitrogen and oxygen atoms in total. The minimum atomic E-state index is -1.46. The number of hydrogen-bond donors (Lipinski definition) is 3. The lowest BCUT2D eigenvalue weighted by Gasteiger charge is -2.16. The second kappa shape index (κ2) is 11.5. The number of aliphatic hydroxyl groups excluding tert-OH is 1. The lowest BCUT2D eigenvalue weighted by molar-refractivity contribution is -0.165. The van der Waals surface area contributed by atoms with Gasteiger partial charge in [0.05, 0.1) is 0 Å². The Morgan fingerprint density at radius 1 is 1.04 bits per heavy atom. The number of thioether (sulfide) groups is 1. The summed E-state index contributed by atoms with van der Waals surface area (Å²) >= 11 is 0.641. The molecule has 0 rings (SSSR count). The van der Waals surface area contributed by atoms with Crippen LogP contribution in [-0.4, -0.2) is 65.2 Å². The van der Waals surface area contributed by atoms with Crippen molar-refractivity contribution in [1.29, 1.82) is 0 Å². The van der Waals surface area contributed by atoms with Crippen molar-refractivity contribution in [2.24, 2.45) is 0 Å². The first kappa shape index (κ1) is 20.9. The number of alkyl carbamates (subject to hydrolysis) is 1. The fourth-order valence-electron chi connectivity index (χ4n) is 0.926. The van der Waals surface area contributed by atoms with E-state index in [9.17, 15) is 24.3 Å². The first-order valence-electron chi connectivity index (χ1n) is 6.06. The average molecular weight is 355 g/mol. The van der Waals surface area contributed by atoms with Gasteiger partial charge in [0.25, 0.3) is 0 Å². The summed E-state index contributed by atoms with van der Waals surface area (Å²) in [6.45, 7) is 1.09. The zero-order valence-corrected chi connectivity index (χ0v) is 13.2. The summed E-state index contributed by atoms with van der Waals surface area (Å²) in [7, 11) is 0. The summed E-state index contributed by atoms with van der Waals surface area (Å²) in [6.07, 6.45) is -1.12. The number of hydrogen-bond acceptors (Lipinski definition) is 10. The van der Waals surface area contributed by atoms with Crippen LogP contribution in [0.5, 0.6) is 0 Å². The number of aliphatic hydroxyl groups is 1. The van der Waals surface area contributed by atoms with E-state index in [0.29, 0.717) is 11.8 Å². The van der Waals surface area contributed by atoms with Gasteiger partial charge in [-0.2, -0.15) is 0 Å². The van der Waals surface area contributed by atoms with Crippen LogP contribution < -0.4 is 5.32 Å². The number of aliphatic carboxylic acids is 1. The number of nitrogens with one attached hydrogen (secondary N) is 1. The number of amides is 1. The molecule has 1 amide bonds. The van der Waals surface area contributed by atoms with Crippen LogP contribution >= 0.6 is 11.8 Å². The summed E-state index contributed by atoms with van der Waals surface area (Å²) in [5.41, 5.74) is -1.46. The molecule has 0 aliphatic carbocycles. The Kier molecular flexibility index (Phi) is 10.5. The molecule has 0 bridgehead atoms. The van der Waals surface area contributed by atoms with Crippen molar-refractivity contribution >= 4 is 35.8 Å². The number of rotatable bonds is 10. The number of carboxylic acids is 1. The zero-order valence-electron chi connectivity index (χ0n) is 12.3. The summed E-state index contributed by atoms with van der Waals surface area (Å²) in [5.74, 6) is -2.92. The zero-order chi connectivity index (χ0) is 17.8. The van der Waals surface area contributed by atoms with E-state index in [4.69, 9.17) is 5.11 Å². The van der Waals surface area contributed by atoms with E-state index in [-0.39, 0.29) is 5.75 Å². The molecular formula is C11H17NO10S. The number of carbonyl (C=O) groups excluding carboxylic acids is 3. The molecule has 0 fully saturated rings. The van der Waals surface area contributed by atoms with Gasteiger partial charge in [-0.1, -0.05) is 11.8 Å². The molecule has 0 aliphatic rings. The summed E-state index contributed by atoms with van der Waals surface area (Å²) in [4.78, 5) is 43.2. The second-order valence-electron chi connectivity index (χ2n) is 3.78. The Morgan fingerprint density at radius 3 is 2.13 bits per heavy atom. The Labute approximate surface area is 135 Å². The number of esters is 2. The van der Waals surface area contributed by atoms with Gasteiger partial charge in [-0.3, -0.25) is 9.59 Å². The molecule has 0 aromatic heterocycles. The SMILES string of the molecule is CC(=O)OCOC(=O)N[C@@H](CSC(O)OCOC(C)=O)C(=O)O. The standard InChI is InChI=1S/C11H17NO10S/c1-6(13)19-4-21-10(17)12-8(9(15)16)3-23-11(18)22-5-20-7(2)14/h8,11,18H,3-5H2,1-2H3,(H,12,17)(H,15,16)/t8-,11?/m0/s1. The van der Waals surface area contributed by atoms with Crippen LogP contribution in [0.1, 0.15) is 13.8 Å².